The van der Waals surface area contributed by atoms with Crippen LogP contribution in [0.1, 0.15) is 33.6 Å². The topological polar surface area (TPSA) is 60.9 Å². The molecule has 0 aromatic carbocycles. The second-order valence-corrected chi connectivity index (χ2v) is 4.76. The third-order valence-electron chi connectivity index (χ3n) is 2.28. The Balaban J connectivity index is 2.82. The fraction of sp³-hybridized carbons (Fsp3) is 0.800. The number of carboxylic acid groups (broad SMARTS) is 1. The van der Waals surface area contributed by atoms with Gasteiger partial charge in [-0.05, 0) is 27.2 Å². The Bertz CT molecular complexity index is 270. The zero-order chi connectivity index (χ0) is 11.6. The smallest absolute Gasteiger partial charge is 0.319 e. The Morgan fingerprint density at radius 3 is 2.53 bits per heavy atom. The summed E-state index contributed by atoms with van der Waals surface area (Å²) in [6.45, 7) is 6.25. The van der Waals surface area contributed by atoms with Crippen molar-refractivity contribution < 1.29 is 14.7 Å². The quantitative estimate of drug-likeness (QED) is 0.735. The number of rotatable bonds is 2. The summed E-state index contributed by atoms with van der Waals surface area (Å²) < 4.78 is 0. The van der Waals surface area contributed by atoms with Crippen molar-refractivity contribution >= 4 is 11.9 Å². The van der Waals surface area contributed by atoms with Crippen molar-refractivity contribution in [3.8, 4) is 0 Å². The standard InChI is InChI=1S/C10H18N2O3/c1-10(2,3)12-8(13)5-4-6-11(12)7-9(14)15/h4-7H2,1-3H3,(H,14,15). The highest BCUT2D eigenvalue weighted by atomic mass is 16.4. The van der Waals surface area contributed by atoms with Crippen LogP contribution in [0.15, 0.2) is 0 Å². The summed E-state index contributed by atoms with van der Waals surface area (Å²) in [7, 11) is 0. The monoisotopic (exact) mass is 214 g/mol. The van der Waals surface area contributed by atoms with E-state index < -0.39 is 5.97 Å². The minimum atomic E-state index is -0.904. The summed E-state index contributed by atoms with van der Waals surface area (Å²) in [5.74, 6) is -0.894. The predicted molar refractivity (Wildman–Crippen MR) is 55.0 cm³/mol. The lowest BCUT2D eigenvalue weighted by molar-refractivity contribution is -0.174. The molecule has 1 amide bonds. The number of carboxylic acids is 1. The summed E-state index contributed by atoms with van der Waals surface area (Å²) in [6.07, 6.45) is 1.24. The van der Waals surface area contributed by atoms with Crippen LogP contribution in [0, 0.1) is 0 Å². The number of carbonyl (C=O) groups is 2. The summed E-state index contributed by atoms with van der Waals surface area (Å²) in [5, 5.41) is 11.9. The largest absolute Gasteiger partial charge is 0.480 e. The van der Waals surface area contributed by atoms with E-state index in [0.717, 1.165) is 6.42 Å². The van der Waals surface area contributed by atoms with Gasteiger partial charge in [0, 0.05) is 13.0 Å². The van der Waals surface area contributed by atoms with Crippen LogP contribution >= 0.6 is 0 Å². The van der Waals surface area contributed by atoms with E-state index in [2.05, 4.69) is 0 Å². The van der Waals surface area contributed by atoms with Crippen molar-refractivity contribution in [1.29, 1.82) is 0 Å². The highest BCUT2D eigenvalue weighted by molar-refractivity contribution is 5.78. The first-order valence-electron chi connectivity index (χ1n) is 5.12. The molecule has 0 aliphatic carbocycles. The summed E-state index contributed by atoms with van der Waals surface area (Å²) in [6, 6.07) is 0. The fourth-order valence-corrected chi connectivity index (χ4v) is 1.88. The highest BCUT2D eigenvalue weighted by Gasteiger charge is 2.35. The van der Waals surface area contributed by atoms with Gasteiger partial charge in [0.25, 0.3) is 0 Å². The number of carbonyl (C=O) groups excluding carboxylic acids is 1. The van der Waals surface area contributed by atoms with Crippen molar-refractivity contribution in [3.05, 3.63) is 0 Å². The molecule has 0 spiro atoms. The SMILES string of the molecule is CC(C)(C)N1C(=O)CCCN1CC(=O)O. The van der Waals surface area contributed by atoms with Gasteiger partial charge in [-0.15, -0.1) is 0 Å². The van der Waals surface area contributed by atoms with Gasteiger partial charge in [-0.2, -0.15) is 0 Å². The van der Waals surface area contributed by atoms with Gasteiger partial charge < -0.3 is 5.11 Å². The number of hydrogen-bond donors (Lipinski definition) is 1. The molecule has 0 radical (unpaired) electrons. The first-order valence-corrected chi connectivity index (χ1v) is 5.12. The molecule has 5 nitrogen and oxygen atoms in total. The second kappa shape index (κ2) is 4.18. The average Bonchev–Trinajstić information content (AvgIpc) is 1.99. The van der Waals surface area contributed by atoms with Crippen LogP contribution in [0.25, 0.3) is 0 Å². The maximum absolute atomic E-state index is 11.7. The van der Waals surface area contributed by atoms with Crippen molar-refractivity contribution in [1.82, 2.24) is 10.0 Å². The van der Waals surface area contributed by atoms with E-state index in [-0.39, 0.29) is 18.0 Å². The molecule has 1 aliphatic heterocycles. The summed E-state index contributed by atoms with van der Waals surface area (Å²) in [4.78, 5) is 22.4. The molecule has 0 saturated carbocycles. The van der Waals surface area contributed by atoms with Crippen molar-refractivity contribution in [2.45, 2.75) is 39.2 Å². The van der Waals surface area contributed by atoms with Gasteiger partial charge >= 0.3 is 5.97 Å². The van der Waals surface area contributed by atoms with Crippen LogP contribution < -0.4 is 0 Å². The molecular weight excluding hydrogens is 196 g/mol. The van der Waals surface area contributed by atoms with E-state index in [9.17, 15) is 9.59 Å². The molecule has 0 aromatic heterocycles. The Morgan fingerprint density at radius 1 is 1.47 bits per heavy atom. The van der Waals surface area contributed by atoms with Gasteiger partial charge in [0.05, 0.1) is 5.54 Å². The molecule has 0 bridgehead atoms. The Hall–Kier alpha value is -1.10. The van der Waals surface area contributed by atoms with Gasteiger partial charge in [-0.3, -0.25) is 14.6 Å². The van der Waals surface area contributed by atoms with Crippen LogP contribution in [-0.4, -0.2) is 45.6 Å². The molecule has 0 unspecified atom stereocenters. The number of amides is 1. The van der Waals surface area contributed by atoms with E-state index in [1.54, 1.807) is 10.0 Å². The third-order valence-corrected chi connectivity index (χ3v) is 2.28. The summed E-state index contributed by atoms with van der Waals surface area (Å²) >= 11 is 0. The Kier molecular flexibility index (Phi) is 3.34. The number of hydrogen-bond acceptors (Lipinski definition) is 3. The van der Waals surface area contributed by atoms with Crippen LogP contribution in [-0.2, 0) is 9.59 Å². The van der Waals surface area contributed by atoms with Crippen molar-refractivity contribution in [3.63, 3.8) is 0 Å². The van der Waals surface area contributed by atoms with E-state index in [1.165, 1.54) is 0 Å². The van der Waals surface area contributed by atoms with Gasteiger partial charge in [0.15, 0.2) is 0 Å². The second-order valence-electron chi connectivity index (χ2n) is 4.76. The number of aliphatic carboxylic acids is 1. The van der Waals surface area contributed by atoms with Crippen LogP contribution in [0.3, 0.4) is 0 Å². The normalized spacial score (nSPS) is 19.4. The Morgan fingerprint density at radius 2 is 2.07 bits per heavy atom. The van der Waals surface area contributed by atoms with Crippen molar-refractivity contribution in [2.24, 2.45) is 0 Å². The minimum Gasteiger partial charge on any atom is -0.480 e. The molecule has 0 aromatic rings. The van der Waals surface area contributed by atoms with E-state index in [0.29, 0.717) is 13.0 Å². The van der Waals surface area contributed by atoms with Gasteiger partial charge in [-0.1, -0.05) is 0 Å². The van der Waals surface area contributed by atoms with Crippen LogP contribution in [0.4, 0.5) is 0 Å². The molecular formula is C10H18N2O3. The van der Waals surface area contributed by atoms with Gasteiger partial charge in [0.1, 0.15) is 6.54 Å². The lowest BCUT2D eigenvalue weighted by Gasteiger charge is -2.45. The zero-order valence-corrected chi connectivity index (χ0v) is 9.49. The number of hydrazine groups is 1. The molecule has 86 valence electrons. The molecule has 1 heterocycles. The molecule has 1 fully saturated rings. The first-order chi connectivity index (χ1) is 6.82. The fourth-order valence-electron chi connectivity index (χ4n) is 1.88. The lowest BCUT2D eigenvalue weighted by Crippen LogP contribution is -2.59. The van der Waals surface area contributed by atoms with Crippen molar-refractivity contribution in [2.75, 3.05) is 13.1 Å². The van der Waals surface area contributed by atoms with Gasteiger partial charge in [-0.25, -0.2) is 5.01 Å². The Labute approximate surface area is 89.6 Å². The maximum atomic E-state index is 11.7. The van der Waals surface area contributed by atoms with E-state index >= 15 is 0 Å². The molecule has 1 N–H and O–H groups in total. The first kappa shape index (κ1) is 12.0. The van der Waals surface area contributed by atoms with E-state index in [4.69, 9.17) is 5.11 Å². The highest BCUT2D eigenvalue weighted by Crippen LogP contribution is 2.22. The van der Waals surface area contributed by atoms with Gasteiger partial charge in [0.2, 0.25) is 5.91 Å². The maximum Gasteiger partial charge on any atom is 0.319 e. The molecule has 15 heavy (non-hydrogen) atoms. The average molecular weight is 214 g/mol. The zero-order valence-electron chi connectivity index (χ0n) is 9.49. The van der Waals surface area contributed by atoms with Crippen LogP contribution in [0.5, 0.6) is 0 Å². The molecule has 1 rings (SSSR count). The molecule has 5 heteroatoms. The molecule has 1 aliphatic rings. The predicted octanol–water partition coefficient (Wildman–Crippen LogP) is 0.709. The third kappa shape index (κ3) is 2.92. The van der Waals surface area contributed by atoms with E-state index in [1.807, 2.05) is 20.8 Å². The summed E-state index contributed by atoms with van der Waals surface area (Å²) in [5.41, 5.74) is -0.354. The number of nitrogens with zero attached hydrogens (tertiary/aromatic N) is 2. The van der Waals surface area contributed by atoms with Crippen LogP contribution in [0.2, 0.25) is 0 Å². The molecule has 1 saturated heterocycles. The molecule has 0 atom stereocenters. The lowest BCUT2D eigenvalue weighted by atomic mass is 10.1. The minimum absolute atomic E-state index is 0.00926.